The third kappa shape index (κ3) is 2.69. The molecule has 18 heavy (non-hydrogen) atoms. The van der Waals surface area contributed by atoms with E-state index in [1.165, 1.54) is 6.42 Å². The van der Waals surface area contributed by atoms with Gasteiger partial charge in [0.05, 0.1) is 0 Å². The molecule has 0 aromatic carbocycles. The molecular weight excluding hydrogens is 228 g/mol. The summed E-state index contributed by atoms with van der Waals surface area (Å²) in [5, 5.41) is 12.8. The second kappa shape index (κ2) is 5.57. The van der Waals surface area contributed by atoms with Gasteiger partial charge in [-0.3, -0.25) is 4.79 Å². The minimum atomic E-state index is -0.661. The summed E-state index contributed by atoms with van der Waals surface area (Å²) in [6.45, 7) is 7.46. The smallest absolute Gasteiger partial charge is 0.323 e. The van der Waals surface area contributed by atoms with E-state index in [2.05, 4.69) is 24.1 Å². The predicted molar refractivity (Wildman–Crippen MR) is 71.7 cm³/mol. The average molecular weight is 254 g/mol. The fraction of sp³-hybridized carbons (Fsp3) is 0.929. The summed E-state index contributed by atoms with van der Waals surface area (Å²) in [6.07, 6.45) is 4.82. The quantitative estimate of drug-likeness (QED) is 0.784. The second-order valence-corrected chi connectivity index (χ2v) is 6.10. The number of rotatable bonds is 5. The van der Waals surface area contributed by atoms with Crippen molar-refractivity contribution in [2.75, 3.05) is 19.6 Å². The Morgan fingerprint density at radius 1 is 1.50 bits per heavy atom. The standard InChI is InChI=1S/C14H26N2O2/c1-3-7-15-14(13(17)18)6-4-12(9-14)16-8-5-11(2)10-16/h11-12,15H,3-10H2,1-2H3,(H,17,18). The third-order valence-electron chi connectivity index (χ3n) is 4.58. The molecule has 2 rings (SSSR count). The molecule has 3 atom stereocenters. The van der Waals surface area contributed by atoms with E-state index >= 15 is 0 Å². The maximum absolute atomic E-state index is 11.6. The number of nitrogens with zero attached hydrogens (tertiary/aromatic N) is 1. The van der Waals surface area contributed by atoms with Crippen LogP contribution in [0.4, 0.5) is 0 Å². The fourth-order valence-corrected chi connectivity index (χ4v) is 3.43. The van der Waals surface area contributed by atoms with Gasteiger partial charge in [0, 0.05) is 12.6 Å². The number of carboxylic acid groups (broad SMARTS) is 1. The van der Waals surface area contributed by atoms with Gasteiger partial charge in [0.25, 0.3) is 0 Å². The van der Waals surface area contributed by atoms with E-state index in [1.807, 2.05) is 0 Å². The van der Waals surface area contributed by atoms with Crippen LogP contribution in [0.5, 0.6) is 0 Å². The summed E-state index contributed by atoms with van der Waals surface area (Å²) >= 11 is 0. The monoisotopic (exact) mass is 254 g/mol. The molecule has 1 saturated carbocycles. The van der Waals surface area contributed by atoms with Gasteiger partial charge in [-0.25, -0.2) is 0 Å². The number of hydrogen-bond acceptors (Lipinski definition) is 3. The minimum absolute atomic E-state index is 0.468. The Morgan fingerprint density at radius 3 is 2.83 bits per heavy atom. The van der Waals surface area contributed by atoms with E-state index in [4.69, 9.17) is 0 Å². The first-order chi connectivity index (χ1) is 8.57. The Bertz CT molecular complexity index is 308. The van der Waals surface area contributed by atoms with E-state index in [-0.39, 0.29) is 0 Å². The fourth-order valence-electron chi connectivity index (χ4n) is 3.43. The lowest BCUT2D eigenvalue weighted by Gasteiger charge is -2.28. The van der Waals surface area contributed by atoms with Crippen LogP contribution in [0.1, 0.15) is 46.0 Å². The SMILES string of the molecule is CCCNC1(C(=O)O)CCC(N2CCC(C)C2)C1. The highest BCUT2D eigenvalue weighted by atomic mass is 16.4. The molecule has 0 radical (unpaired) electrons. The number of nitrogens with one attached hydrogen (secondary N) is 1. The van der Waals surface area contributed by atoms with Crippen LogP contribution in [-0.2, 0) is 4.79 Å². The van der Waals surface area contributed by atoms with Crippen LogP contribution < -0.4 is 5.32 Å². The van der Waals surface area contributed by atoms with Crippen LogP contribution in [-0.4, -0.2) is 47.2 Å². The zero-order valence-corrected chi connectivity index (χ0v) is 11.6. The van der Waals surface area contributed by atoms with Crippen molar-refractivity contribution in [2.24, 2.45) is 5.92 Å². The summed E-state index contributed by atoms with van der Waals surface area (Å²) in [5.41, 5.74) is -0.660. The van der Waals surface area contributed by atoms with Crippen LogP contribution in [0.25, 0.3) is 0 Å². The molecule has 0 bridgehead atoms. The zero-order chi connectivity index (χ0) is 13.2. The zero-order valence-electron chi connectivity index (χ0n) is 11.6. The number of aliphatic carboxylic acids is 1. The van der Waals surface area contributed by atoms with E-state index in [0.29, 0.717) is 6.04 Å². The second-order valence-electron chi connectivity index (χ2n) is 6.10. The van der Waals surface area contributed by atoms with Gasteiger partial charge in [-0.15, -0.1) is 0 Å². The highest BCUT2D eigenvalue weighted by Crippen LogP contribution is 2.35. The summed E-state index contributed by atoms with van der Waals surface area (Å²) in [7, 11) is 0. The van der Waals surface area contributed by atoms with Crippen LogP contribution in [0.2, 0.25) is 0 Å². The first-order valence-corrected chi connectivity index (χ1v) is 7.30. The maximum Gasteiger partial charge on any atom is 0.323 e. The number of hydrogen-bond donors (Lipinski definition) is 2. The molecule has 1 aliphatic carbocycles. The largest absolute Gasteiger partial charge is 0.480 e. The van der Waals surface area contributed by atoms with Gasteiger partial charge < -0.3 is 15.3 Å². The van der Waals surface area contributed by atoms with Crippen LogP contribution in [0, 0.1) is 5.92 Å². The van der Waals surface area contributed by atoms with Crippen molar-refractivity contribution in [3.63, 3.8) is 0 Å². The molecule has 0 aromatic rings. The van der Waals surface area contributed by atoms with Crippen molar-refractivity contribution in [3.8, 4) is 0 Å². The minimum Gasteiger partial charge on any atom is -0.480 e. The molecule has 0 aromatic heterocycles. The van der Waals surface area contributed by atoms with Gasteiger partial charge in [-0.2, -0.15) is 0 Å². The van der Waals surface area contributed by atoms with Crippen LogP contribution in [0.15, 0.2) is 0 Å². The van der Waals surface area contributed by atoms with Gasteiger partial charge >= 0.3 is 5.97 Å². The van der Waals surface area contributed by atoms with Gasteiger partial charge in [0.15, 0.2) is 0 Å². The first-order valence-electron chi connectivity index (χ1n) is 7.30. The number of carbonyl (C=O) groups is 1. The third-order valence-corrected chi connectivity index (χ3v) is 4.58. The molecule has 1 aliphatic heterocycles. The normalized spacial score (nSPS) is 37.2. The summed E-state index contributed by atoms with van der Waals surface area (Å²) in [6, 6.07) is 0.468. The summed E-state index contributed by atoms with van der Waals surface area (Å²) in [5.74, 6) is 0.110. The van der Waals surface area contributed by atoms with Crippen molar-refractivity contribution in [3.05, 3.63) is 0 Å². The molecule has 3 unspecified atom stereocenters. The van der Waals surface area contributed by atoms with Crippen molar-refractivity contribution < 1.29 is 9.90 Å². The molecule has 104 valence electrons. The van der Waals surface area contributed by atoms with Gasteiger partial charge in [0.1, 0.15) is 5.54 Å². The lowest BCUT2D eigenvalue weighted by Crippen LogP contribution is -2.51. The van der Waals surface area contributed by atoms with Crippen LogP contribution in [0.3, 0.4) is 0 Å². The van der Waals surface area contributed by atoms with E-state index in [9.17, 15) is 9.90 Å². The number of likely N-dealkylation sites (tertiary alicyclic amines) is 1. The van der Waals surface area contributed by atoms with Gasteiger partial charge in [-0.1, -0.05) is 13.8 Å². The highest BCUT2D eigenvalue weighted by molar-refractivity contribution is 5.79. The topological polar surface area (TPSA) is 52.6 Å². The van der Waals surface area contributed by atoms with E-state index in [0.717, 1.165) is 51.2 Å². The van der Waals surface area contributed by atoms with E-state index in [1.54, 1.807) is 0 Å². The Morgan fingerprint density at radius 2 is 2.28 bits per heavy atom. The van der Waals surface area contributed by atoms with Gasteiger partial charge in [-0.05, 0) is 51.1 Å². The highest BCUT2D eigenvalue weighted by Gasteiger charge is 2.47. The molecule has 1 saturated heterocycles. The maximum atomic E-state index is 11.6. The first kappa shape index (κ1) is 13.8. The van der Waals surface area contributed by atoms with Crippen molar-refractivity contribution in [1.29, 1.82) is 0 Å². The predicted octanol–water partition coefficient (Wildman–Crippen LogP) is 1.70. The lowest BCUT2D eigenvalue weighted by molar-refractivity contribution is -0.144. The Hall–Kier alpha value is -0.610. The van der Waals surface area contributed by atoms with Crippen LogP contribution >= 0.6 is 0 Å². The molecule has 4 nitrogen and oxygen atoms in total. The summed E-state index contributed by atoms with van der Waals surface area (Å²) < 4.78 is 0. The van der Waals surface area contributed by atoms with Crippen molar-refractivity contribution in [2.45, 2.75) is 57.5 Å². The molecule has 2 N–H and O–H groups in total. The van der Waals surface area contributed by atoms with Crippen molar-refractivity contribution in [1.82, 2.24) is 10.2 Å². The molecular formula is C14H26N2O2. The molecule has 2 fully saturated rings. The Labute approximate surface area is 110 Å². The molecule has 0 spiro atoms. The molecule has 0 amide bonds. The summed E-state index contributed by atoms with van der Waals surface area (Å²) in [4.78, 5) is 14.1. The Kier molecular flexibility index (Phi) is 4.28. The average Bonchev–Trinajstić information content (AvgIpc) is 2.93. The number of carboxylic acids is 1. The molecule has 4 heteroatoms. The van der Waals surface area contributed by atoms with Gasteiger partial charge in [0.2, 0.25) is 0 Å². The molecule has 2 aliphatic rings. The van der Waals surface area contributed by atoms with Crippen molar-refractivity contribution >= 4 is 5.97 Å². The molecule has 1 heterocycles. The van der Waals surface area contributed by atoms with E-state index < -0.39 is 11.5 Å². The Balaban J connectivity index is 1.97. The lowest BCUT2D eigenvalue weighted by atomic mass is 9.97.